The van der Waals surface area contributed by atoms with Crippen LogP contribution in [-0.4, -0.2) is 11.9 Å². The lowest BCUT2D eigenvalue weighted by atomic mass is 9.78. The highest BCUT2D eigenvalue weighted by atomic mass is 16.6. The van der Waals surface area contributed by atoms with Crippen LogP contribution >= 0.6 is 0 Å². The molecule has 2 rings (SSSR count). The number of hydrogen-bond donors (Lipinski definition) is 0. The molecule has 66 valence electrons. The molecule has 0 spiro atoms. The van der Waals surface area contributed by atoms with Crippen molar-refractivity contribution in [3.05, 3.63) is 12.2 Å². The zero-order valence-electron chi connectivity index (χ0n) is 6.77. The number of allylic oxidation sites excluding steroid dienone is 2. The third-order valence-electron chi connectivity index (χ3n) is 2.48. The van der Waals surface area contributed by atoms with E-state index >= 15 is 0 Å². The van der Waals surface area contributed by atoms with Crippen LogP contribution in [0.1, 0.15) is 6.42 Å². The number of cyclic esters (lactones) is 2. The Bertz CT molecular complexity index is 339. The Kier molecular flexibility index (Phi) is 1.66. The van der Waals surface area contributed by atoms with E-state index < -0.39 is 29.7 Å². The van der Waals surface area contributed by atoms with Crippen molar-refractivity contribution in [3.8, 4) is 6.07 Å². The van der Waals surface area contributed by atoms with Gasteiger partial charge in [0.25, 0.3) is 0 Å². The number of fused-ring (bicyclic) bond motifs is 1. The Morgan fingerprint density at radius 1 is 1.46 bits per heavy atom. The highest BCUT2D eigenvalue weighted by Crippen LogP contribution is 2.36. The van der Waals surface area contributed by atoms with Crippen molar-refractivity contribution in [2.45, 2.75) is 6.42 Å². The largest absolute Gasteiger partial charge is 0.393 e. The maximum atomic E-state index is 11.2. The minimum Gasteiger partial charge on any atom is -0.393 e. The van der Waals surface area contributed by atoms with Gasteiger partial charge in [-0.25, -0.2) is 0 Å². The smallest absolute Gasteiger partial charge is 0.319 e. The van der Waals surface area contributed by atoms with Gasteiger partial charge in [-0.3, -0.25) is 9.59 Å². The van der Waals surface area contributed by atoms with Gasteiger partial charge in [-0.1, -0.05) is 12.2 Å². The molecule has 0 aromatic carbocycles. The molecule has 4 heteroatoms. The van der Waals surface area contributed by atoms with Crippen LogP contribution in [0.4, 0.5) is 0 Å². The number of hydrogen-bond acceptors (Lipinski definition) is 4. The maximum absolute atomic E-state index is 11.2. The standard InChI is InChI=1S/C9H7NO3/c10-4-5-2-1-3-6-7(5)9(12)13-8(6)11/h1-2,5-7H,3H2. The Morgan fingerprint density at radius 2 is 2.23 bits per heavy atom. The van der Waals surface area contributed by atoms with Gasteiger partial charge in [0.1, 0.15) is 0 Å². The summed E-state index contributed by atoms with van der Waals surface area (Å²) in [4.78, 5) is 22.3. The number of rotatable bonds is 0. The molecule has 1 fully saturated rings. The van der Waals surface area contributed by atoms with E-state index in [0.29, 0.717) is 6.42 Å². The zero-order chi connectivity index (χ0) is 9.42. The molecule has 0 radical (unpaired) electrons. The van der Waals surface area contributed by atoms with Crippen LogP contribution in [0, 0.1) is 29.1 Å². The molecule has 1 heterocycles. The molecular formula is C9H7NO3. The van der Waals surface area contributed by atoms with Gasteiger partial charge in [0.2, 0.25) is 0 Å². The van der Waals surface area contributed by atoms with E-state index in [4.69, 9.17) is 5.26 Å². The second-order valence-electron chi connectivity index (χ2n) is 3.19. The first-order valence-corrected chi connectivity index (χ1v) is 4.06. The van der Waals surface area contributed by atoms with E-state index in [1.807, 2.05) is 6.07 Å². The van der Waals surface area contributed by atoms with Crippen LogP contribution in [0.3, 0.4) is 0 Å². The molecule has 0 bridgehead atoms. The van der Waals surface area contributed by atoms with Crippen LogP contribution in [0.25, 0.3) is 0 Å². The summed E-state index contributed by atoms with van der Waals surface area (Å²) < 4.78 is 4.47. The fourth-order valence-electron chi connectivity index (χ4n) is 1.81. The maximum Gasteiger partial charge on any atom is 0.319 e. The number of carbonyl (C=O) groups is 2. The predicted molar refractivity (Wildman–Crippen MR) is 40.9 cm³/mol. The molecule has 1 aliphatic carbocycles. The van der Waals surface area contributed by atoms with E-state index in [-0.39, 0.29) is 0 Å². The number of ether oxygens (including phenoxy) is 1. The van der Waals surface area contributed by atoms with Crippen molar-refractivity contribution in [2.75, 3.05) is 0 Å². The van der Waals surface area contributed by atoms with Crippen LogP contribution in [0.5, 0.6) is 0 Å². The van der Waals surface area contributed by atoms with Crippen molar-refractivity contribution >= 4 is 11.9 Å². The first-order chi connectivity index (χ1) is 6.24. The van der Waals surface area contributed by atoms with Gasteiger partial charge in [0.15, 0.2) is 0 Å². The summed E-state index contributed by atoms with van der Waals surface area (Å²) >= 11 is 0. The molecule has 3 unspecified atom stereocenters. The van der Waals surface area contributed by atoms with Crippen LogP contribution in [-0.2, 0) is 14.3 Å². The van der Waals surface area contributed by atoms with Crippen molar-refractivity contribution in [2.24, 2.45) is 17.8 Å². The van der Waals surface area contributed by atoms with Gasteiger partial charge < -0.3 is 4.74 Å². The summed E-state index contributed by atoms with van der Waals surface area (Å²) in [6, 6.07) is 1.99. The van der Waals surface area contributed by atoms with Crippen LogP contribution in [0.2, 0.25) is 0 Å². The van der Waals surface area contributed by atoms with E-state index in [1.165, 1.54) is 0 Å². The van der Waals surface area contributed by atoms with Gasteiger partial charge in [-0.2, -0.15) is 5.26 Å². The summed E-state index contributed by atoms with van der Waals surface area (Å²) in [5, 5.41) is 8.72. The minimum absolute atomic E-state index is 0.429. The number of nitriles is 1. The molecule has 1 saturated heterocycles. The first kappa shape index (κ1) is 7.99. The lowest BCUT2D eigenvalue weighted by Gasteiger charge is -2.18. The summed E-state index contributed by atoms with van der Waals surface area (Å²) in [5.74, 6) is -2.53. The lowest BCUT2D eigenvalue weighted by Crippen LogP contribution is -2.26. The van der Waals surface area contributed by atoms with Crippen molar-refractivity contribution in [1.29, 1.82) is 5.26 Å². The quantitative estimate of drug-likeness (QED) is 0.305. The van der Waals surface area contributed by atoms with Gasteiger partial charge >= 0.3 is 11.9 Å². The van der Waals surface area contributed by atoms with Crippen molar-refractivity contribution in [3.63, 3.8) is 0 Å². The molecule has 0 saturated carbocycles. The van der Waals surface area contributed by atoms with Gasteiger partial charge in [-0.15, -0.1) is 0 Å². The van der Waals surface area contributed by atoms with Gasteiger partial charge in [0.05, 0.1) is 23.8 Å². The predicted octanol–water partition coefficient (Wildman–Crippen LogP) is 0.402. The molecular weight excluding hydrogens is 170 g/mol. The second kappa shape index (κ2) is 2.70. The summed E-state index contributed by atoms with van der Waals surface area (Å²) in [5.41, 5.74) is 0. The third-order valence-corrected chi connectivity index (χ3v) is 2.48. The molecule has 0 aromatic rings. The van der Waals surface area contributed by atoms with E-state index in [9.17, 15) is 9.59 Å². The van der Waals surface area contributed by atoms with Crippen molar-refractivity contribution in [1.82, 2.24) is 0 Å². The molecule has 1 aliphatic heterocycles. The highest BCUT2D eigenvalue weighted by molar-refractivity contribution is 5.97. The molecule has 4 nitrogen and oxygen atoms in total. The summed E-state index contributed by atoms with van der Waals surface area (Å²) in [7, 11) is 0. The summed E-state index contributed by atoms with van der Waals surface area (Å²) in [6.07, 6.45) is 3.93. The number of carbonyl (C=O) groups excluding carboxylic acids is 2. The fraction of sp³-hybridized carbons (Fsp3) is 0.444. The molecule has 0 N–H and O–H groups in total. The normalized spacial score (nSPS) is 36.7. The molecule has 13 heavy (non-hydrogen) atoms. The van der Waals surface area contributed by atoms with Crippen LogP contribution in [0.15, 0.2) is 12.2 Å². The SMILES string of the molecule is N#CC1C=CCC2C(=O)OC(=O)C12. The molecule has 3 atom stereocenters. The zero-order valence-corrected chi connectivity index (χ0v) is 6.77. The Hall–Kier alpha value is -1.63. The van der Waals surface area contributed by atoms with Crippen LogP contribution < -0.4 is 0 Å². The highest BCUT2D eigenvalue weighted by Gasteiger charge is 2.48. The lowest BCUT2D eigenvalue weighted by molar-refractivity contribution is -0.153. The van der Waals surface area contributed by atoms with E-state index in [0.717, 1.165) is 0 Å². The van der Waals surface area contributed by atoms with Gasteiger partial charge in [0, 0.05) is 0 Å². The average molecular weight is 177 g/mol. The first-order valence-electron chi connectivity index (χ1n) is 4.06. The topological polar surface area (TPSA) is 67.2 Å². The molecule has 0 aromatic heterocycles. The number of nitrogens with zero attached hydrogens (tertiary/aromatic N) is 1. The van der Waals surface area contributed by atoms with E-state index in [2.05, 4.69) is 4.74 Å². The monoisotopic (exact) mass is 177 g/mol. The molecule has 0 amide bonds. The Labute approximate surface area is 74.8 Å². The second-order valence-corrected chi connectivity index (χ2v) is 3.19. The third kappa shape index (κ3) is 1.04. The van der Waals surface area contributed by atoms with Gasteiger partial charge in [-0.05, 0) is 6.42 Å². The Balaban J connectivity index is 2.36. The van der Waals surface area contributed by atoms with Crippen molar-refractivity contribution < 1.29 is 14.3 Å². The number of esters is 2. The molecule has 2 aliphatic rings. The van der Waals surface area contributed by atoms with E-state index in [1.54, 1.807) is 12.2 Å². The minimum atomic E-state index is -0.567. The Morgan fingerprint density at radius 3 is 2.92 bits per heavy atom. The average Bonchev–Trinajstić information content (AvgIpc) is 2.43. The summed E-state index contributed by atoms with van der Waals surface area (Å²) in [6.45, 7) is 0. The fourth-order valence-corrected chi connectivity index (χ4v) is 1.81.